The first-order valence-electron chi connectivity index (χ1n) is 9.07. The third-order valence-electron chi connectivity index (χ3n) is 4.63. The van der Waals surface area contributed by atoms with Gasteiger partial charge in [-0.2, -0.15) is 0 Å². The predicted octanol–water partition coefficient (Wildman–Crippen LogP) is 2.03. The van der Waals surface area contributed by atoms with Gasteiger partial charge < -0.3 is 14.4 Å². The number of piperazine rings is 1. The molecule has 4 heterocycles. The van der Waals surface area contributed by atoms with E-state index in [-0.39, 0.29) is 5.91 Å². The van der Waals surface area contributed by atoms with Gasteiger partial charge in [0.25, 0.3) is 5.91 Å². The van der Waals surface area contributed by atoms with Crippen LogP contribution in [0.1, 0.15) is 28.7 Å². The zero-order chi connectivity index (χ0) is 18.6. The third kappa shape index (κ3) is 3.68. The second kappa shape index (κ2) is 7.83. The zero-order valence-corrected chi connectivity index (χ0v) is 16.0. The summed E-state index contributed by atoms with van der Waals surface area (Å²) in [7, 11) is 0. The summed E-state index contributed by atoms with van der Waals surface area (Å²) in [6, 6.07) is 5.91. The van der Waals surface area contributed by atoms with Crippen molar-refractivity contribution in [1.82, 2.24) is 29.0 Å². The van der Waals surface area contributed by atoms with Crippen molar-refractivity contribution in [2.45, 2.75) is 19.8 Å². The Morgan fingerprint density at radius 1 is 1.11 bits per heavy atom. The molecule has 0 atom stereocenters. The fraction of sp³-hybridized carbons (Fsp3) is 0.389. The Morgan fingerprint density at radius 3 is 2.59 bits per heavy atom. The Morgan fingerprint density at radius 2 is 1.85 bits per heavy atom. The van der Waals surface area contributed by atoms with Crippen molar-refractivity contribution < 1.29 is 4.79 Å². The normalized spacial score (nSPS) is 14.6. The van der Waals surface area contributed by atoms with Gasteiger partial charge in [0.05, 0.1) is 5.69 Å². The molecule has 4 rings (SSSR count). The molecule has 140 valence electrons. The van der Waals surface area contributed by atoms with Gasteiger partial charge in [-0.3, -0.25) is 4.79 Å². The molecule has 0 radical (unpaired) electrons. The summed E-state index contributed by atoms with van der Waals surface area (Å²) >= 11 is 1.20. The Hall–Kier alpha value is -2.81. The van der Waals surface area contributed by atoms with Crippen LogP contribution in [0.25, 0.3) is 5.82 Å². The fourth-order valence-electron chi connectivity index (χ4n) is 3.19. The van der Waals surface area contributed by atoms with Gasteiger partial charge in [-0.15, -0.1) is 5.10 Å². The number of rotatable bonds is 5. The number of carbonyl (C=O) groups excluding carboxylic acids is 1. The highest BCUT2D eigenvalue weighted by Crippen LogP contribution is 2.19. The Bertz CT molecular complexity index is 900. The molecule has 0 aliphatic carbocycles. The number of anilines is 1. The molecule has 1 aliphatic rings. The lowest BCUT2D eigenvalue weighted by Crippen LogP contribution is -2.49. The molecule has 1 saturated heterocycles. The van der Waals surface area contributed by atoms with E-state index >= 15 is 0 Å². The van der Waals surface area contributed by atoms with Crippen LogP contribution < -0.4 is 4.90 Å². The highest BCUT2D eigenvalue weighted by molar-refractivity contribution is 7.08. The molecule has 9 heteroatoms. The number of aromatic nitrogens is 5. The summed E-state index contributed by atoms with van der Waals surface area (Å²) in [5, 5.41) is 4.11. The van der Waals surface area contributed by atoms with Gasteiger partial charge in [-0.05, 0) is 30.1 Å². The molecule has 0 spiro atoms. The standard InChI is InChI=1S/C18H21N7OS/c1-2-5-14-17(27-22-21-14)18(26)25-10-8-24(9-11-25)16-12-15(19-13-20-16)23-6-3-4-7-23/h3-4,6-7,12-13H,2,5,8-11H2,1H3. The second-order valence-corrected chi connectivity index (χ2v) is 7.16. The lowest BCUT2D eigenvalue weighted by Gasteiger charge is -2.35. The van der Waals surface area contributed by atoms with Crippen molar-refractivity contribution in [3.05, 3.63) is 47.5 Å². The van der Waals surface area contributed by atoms with Gasteiger partial charge in [0.2, 0.25) is 0 Å². The molecule has 1 amide bonds. The van der Waals surface area contributed by atoms with Crippen LogP contribution in [0, 0.1) is 0 Å². The maximum absolute atomic E-state index is 12.8. The molecule has 0 saturated carbocycles. The van der Waals surface area contributed by atoms with Crippen LogP contribution in [-0.2, 0) is 6.42 Å². The van der Waals surface area contributed by atoms with E-state index in [1.165, 1.54) is 11.5 Å². The summed E-state index contributed by atoms with van der Waals surface area (Å²) in [5.74, 6) is 1.76. The van der Waals surface area contributed by atoms with Gasteiger partial charge in [-0.1, -0.05) is 17.8 Å². The molecule has 0 N–H and O–H groups in total. The van der Waals surface area contributed by atoms with E-state index in [0.29, 0.717) is 18.0 Å². The SMILES string of the molecule is CCCc1nnsc1C(=O)N1CCN(c2cc(-n3cccc3)ncn2)CC1. The summed E-state index contributed by atoms with van der Waals surface area (Å²) in [6.45, 7) is 4.87. The van der Waals surface area contributed by atoms with E-state index in [9.17, 15) is 4.79 Å². The van der Waals surface area contributed by atoms with Crippen molar-refractivity contribution in [3.8, 4) is 5.82 Å². The molecule has 3 aromatic rings. The minimum atomic E-state index is 0.0452. The number of carbonyl (C=O) groups is 1. The molecule has 0 bridgehead atoms. The minimum absolute atomic E-state index is 0.0452. The average Bonchev–Trinajstić information content (AvgIpc) is 3.40. The first-order valence-corrected chi connectivity index (χ1v) is 9.84. The fourth-order valence-corrected chi connectivity index (χ4v) is 3.87. The van der Waals surface area contributed by atoms with Crippen molar-refractivity contribution in [1.29, 1.82) is 0 Å². The average molecular weight is 383 g/mol. The molecule has 0 aromatic carbocycles. The third-order valence-corrected chi connectivity index (χ3v) is 5.39. The number of hydrogen-bond donors (Lipinski definition) is 0. The number of amides is 1. The Kier molecular flexibility index (Phi) is 5.10. The van der Waals surface area contributed by atoms with E-state index in [2.05, 4.69) is 31.4 Å². The van der Waals surface area contributed by atoms with Gasteiger partial charge >= 0.3 is 0 Å². The van der Waals surface area contributed by atoms with E-state index in [1.54, 1.807) is 6.33 Å². The predicted molar refractivity (Wildman–Crippen MR) is 103 cm³/mol. The summed E-state index contributed by atoms with van der Waals surface area (Å²) in [4.78, 5) is 26.3. The van der Waals surface area contributed by atoms with Crippen LogP contribution in [0.2, 0.25) is 0 Å². The van der Waals surface area contributed by atoms with Gasteiger partial charge in [-0.25, -0.2) is 9.97 Å². The number of nitrogens with zero attached hydrogens (tertiary/aromatic N) is 7. The lowest BCUT2D eigenvalue weighted by molar-refractivity contribution is 0.0750. The maximum atomic E-state index is 12.8. The molecular weight excluding hydrogens is 362 g/mol. The highest BCUT2D eigenvalue weighted by Gasteiger charge is 2.26. The molecule has 27 heavy (non-hydrogen) atoms. The van der Waals surface area contributed by atoms with E-state index in [1.807, 2.05) is 40.1 Å². The van der Waals surface area contributed by atoms with Crippen molar-refractivity contribution >= 4 is 23.3 Å². The molecular formula is C18H21N7OS. The van der Waals surface area contributed by atoms with Gasteiger partial charge in [0.1, 0.15) is 22.8 Å². The Labute approximate surface area is 161 Å². The smallest absolute Gasteiger partial charge is 0.267 e. The molecule has 1 fully saturated rings. The highest BCUT2D eigenvalue weighted by atomic mass is 32.1. The molecule has 8 nitrogen and oxygen atoms in total. The van der Waals surface area contributed by atoms with Crippen LogP contribution in [-0.4, -0.2) is 61.1 Å². The van der Waals surface area contributed by atoms with Gasteiger partial charge in [0.15, 0.2) is 0 Å². The van der Waals surface area contributed by atoms with Crippen LogP contribution in [0.4, 0.5) is 5.82 Å². The maximum Gasteiger partial charge on any atom is 0.267 e. The number of hydrogen-bond acceptors (Lipinski definition) is 7. The van der Waals surface area contributed by atoms with Crippen molar-refractivity contribution in [2.24, 2.45) is 0 Å². The Balaban J connectivity index is 1.42. The first kappa shape index (κ1) is 17.6. The topological polar surface area (TPSA) is 80.0 Å². The molecule has 3 aromatic heterocycles. The van der Waals surface area contributed by atoms with Crippen LogP contribution in [0.5, 0.6) is 0 Å². The molecule has 0 unspecified atom stereocenters. The minimum Gasteiger partial charge on any atom is -0.353 e. The summed E-state index contributed by atoms with van der Waals surface area (Å²) in [5.41, 5.74) is 0.821. The van der Waals surface area contributed by atoms with E-state index in [4.69, 9.17) is 0 Å². The van der Waals surface area contributed by atoms with Crippen molar-refractivity contribution in [3.63, 3.8) is 0 Å². The van der Waals surface area contributed by atoms with E-state index < -0.39 is 0 Å². The second-order valence-electron chi connectivity index (χ2n) is 6.40. The molecule has 1 aliphatic heterocycles. The lowest BCUT2D eigenvalue weighted by atomic mass is 10.2. The van der Waals surface area contributed by atoms with E-state index in [0.717, 1.165) is 43.3 Å². The summed E-state index contributed by atoms with van der Waals surface area (Å²) in [6.07, 6.45) is 7.25. The van der Waals surface area contributed by atoms with Crippen LogP contribution in [0.15, 0.2) is 36.9 Å². The van der Waals surface area contributed by atoms with Crippen LogP contribution >= 0.6 is 11.5 Å². The van der Waals surface area contributed by atoms with Gasteiger partial charge in [0, 0.05) is 44.6 Å². The van der Waals surface area contributed by atoms with Crippen LogP contribution in [0.3, 0.4) is 0 Å². The van der Waals surface area contributed by atoms with Crippen molar-refractivity contribution in [2.75, 3.05) is 31.1 Å². The zero-order valence-electron chi connectivity index (χ0n) is 15.2. The monoisotopic (exact) mass is 383 g/mol. The first-order chi connectivity index (χ1) is 13.3. The number of aryl methyl sites for hydroxylation is 1. The summed E-state index contributed by atoms with van der Waals surface area (Å²) < 4.78 is 5.92. The largest absolute Gasteiger partial charge is 0.353 e. The quantitative estimate of drug-likeness (QED) is 0.671.